The number of hydrogen-bond acceptors (Lipinski definition) is 4. The van der Waals surface area contributed by atoms with Crippen LogP contribution in [0.15, 0.2) is 66.9 Å². The topological polar surface area (TPSA) is 80.3 Å². The molecule has 0 aliphatic rings. The number of halogens is 1. The van der Waals surface area contributed by atoms with E-state index in [1.807, 2.05) is 0 Å². The van der Waals surface area contributed by atoms with E-state index in [4.69, 9.17) is 4.74 Å². The number of carbonyl (C=O) groups is 2. The Labute approximate surface area is 161 Å². The predicted molar refractivity (Wildman–Crippen MR) is 103 cm³/mol. The molecule has 2 aromatic carbocycles. The number of benzene rings is 2. The van der Waals surface area contributed by atoms with E-state index < -0.39 is 17.6 Å². The molecule has 0 bridgehead atoms. The van der Waals surface area contributed by atoms with Crippen LogP contribution in [-0.4, -0.2) is 23.9 Å². The molecule has 0 saturated heterocycles. The molecule has 7 heteroatoms. The molecule has 2 N–H and O–H groups in total. The van der Waals surface area contributed by atoms with Crippen LogP contribution in [-0.2, 0) is 6.54 Å². The molecular formula is C21H18FN3O3. The van der Waals surface area contributed by atoms with Crippen LogP contribution in [0.1, 0.15) is 26.4 Å². The minimum absolute atomic E-state index is 0.0383. The van der Waals surface area contributed by atoms with Crippen molar-refractivity contribution in [3.63, 3.8) is 0 Å². The number of ether oxygens (including phenoxy) is 1. The Kier molecular flexibility index (Phi) is 5.96. The van der Waals surface area contributed by atoms with E-state index in [2.05, 4.69) is 15.6 Å². The standard InChI is InChI=1S/C21H18FN3O3/c1-28-19-9-5-4-8-17(19)25-21(27)18-12-14(10-11-23-18)20(26)24-13-15-6-2-3-7-16(15)22/h2-12H,13H2,1H3,(H,24,26)(H,25,27). The number of anilines is 1. The molecule has 1 aromatic heterocycles. The fourth-order valence-electron chi connectivity index (χ4n) is 2.55. The number of methoxy groups -OCH3 is 1. The van der Waals surface area contributed by atoms with Crippen LogP contribution in [0.3, 0.4) is 0 Å². The molecule has 0 unspecified atom stereocenters. The zero-order valence-corrected chi connectivity index (χ0v) is 15.1. The molecule has 0 radical (unpaired) electrons. The summed E-state index contributed by atoms with van der Waals surface area (Å²) in [6.45, 7) is 0.0383. The largest absolute Gasteiger partial charge is 0.495 e. The summed E-state index contributed by atoms with van der Waals surface area (Å²) in [7, 11) is 1.50. The van der Waals surface area contributed by atoms with Gasteiger partial charge in [-0.2, -0.15) is 0 Å². The molecule has 0 saturated carbocycles. The minimum atomic E-state index is -0.478. The lowest BCUT2D eigenvalue weighted by molar-refractivity contribution is 0.0950. The summed E-state index contributed by atoms with van der Waals surface area (Å²) in [4.78, 5) is 28.8. The van der Waals surface area contributed by atoms with Gasteiger partial charge in [-0.05, 0) is 30.3 Å². The Morgan fingerprint density at radius 2 is 1.79 bits per heavy atom. The molecule has 3 aromatic rings. The van der Waals surface area contributed by atoms with Crippen LogP contribution >= 0.6 is 0 Å². The summed E-state index contributed by atoms with van der Waals surface area (Å²) in [5.41, 5.74) is 1.19. The Bertz CT molecular complexity index is 1010. The van der Waals surface area contributed by atoms with Gasteiger partial charge in [-0.15, -0.1) is 0 Å². The Hall–Kier alpha value is -3.74. The maximum atomic E-state index is 13.7. The third-order valence-electron chi connectivity index (χ3n) is 4.01. The van der Waals surface area contributed by atoms with Gasteiger partial charge in [0, 0.05) is 23.9 Å². The third-order valence-corrected chi connectivity index (χ3v) is 4.01. The molecule has 0 atom stereocenters. The van der Waals surface area contributed by atoms with Crippen molar-refractivity contribution in [2.75, 3.05) is 12.4 Å². The second-order valence-corrected chi connectivity index (χ2v) is 5.86. The van der Waals surface area contributed by atoms with Gasteiger partial charge in [-0.25, -0.2) is 4.39 Å². The number of pyridine rings is 1. The van der Waals surface area contributed by atoms with Crippen molar-refractivity contribution in [1.82, 2.24) is 10.3 Å². The number of nitrogens with zero attached hydrogens (tertiary/aromatic N) is 1. The van der Waals surface area contributed by atoms with Gasteiger partial charge in [-0.3, -0.25) is 14.6 Å². The van der Waals surface area contributed by atoms with Crippen molar-refractivity contribution in [3.05, 3.63) is 89.5 Å². The van der Waals surface area contributed by atoms with Gasteiger partial charge >= 0.3 is 0 Å². The van der Waals surface area contributed by atoms with Crippen LogP contribution in [0.5, 0.6) is 5.75 Å². The van der Waals surface area contributed by atoms with Gasteiger partial charge < -0.3 is 15.4 Å². The van der Waals surface area contributed by atoms with E-state index in [-0.39, 0.29) is 17.8 Å². The zero-order chi connectivity index (χ0) is 19.9. The van der Waals surface area contributed by atoms with Crippen molar-refractivity contribution >= 4 is 17.5 Å². The highest BCUT2D eigenvalue weighted by Gasteiger charge is 2.14. The highest BCUT2D eigenvalue weighted by Crippen LogP contribution is 2.23. The first-order valence-corrected chi connectivity index (χ1v) is 8.50. The van der Waals surface area contributed by atoms with Crippen LogP contribution in [0, 0.1) is 5.82 Å². The number of nitrogens with one attached hydrogen (secondary N) is 2. The van der Waals surface area contributed by atoms with Gasteiger partial charge in [0.1, 0.15) is 17.3 Å². The normalized spacial score (nSPS) is 10.2. The zero-order valence-electron chi connectivity index (χ0n) is 15.1. The first-order valence-electron chi connectivity index (χ1n) is 8.50. The molecule has 0 fully saturated rings. The van der Waals surface area contributed by atoms with Crippen molar-refractivity contribution in [3.8, 4) is 5.75 Å². The number of para-hydroxylation sites is 2. The summed E-state index contributed by atoms with van der Waals surface area (Å²) < 4.78 is 18.9. The van der Waals surface area contributed by atoms with Crippen molar-refractivity contribution in [1.29, 1.82) is 0 Å². The first-order chi connectivity index (χ1) is 13.6. The van der Waals surface area contributed by atoms with Crippen molar-refractivity contribution < 1.29 is 18.7 Å². The Morgan fingerprint density at radius 1 is 1.04 bits per heavy atom. The van der Waals surface area contributed by atoms with Crippen LogP contribution in [0.25, 0.3) is 0 Å². The summed E-state index contributed by atoms with van der Waals surface area (Å²) in [5, 5.41) is 5.33. The number of rotatable bonds is 6. The van der Waals surface area contributed by atoms with E-state index in [0.29, 0.717) is 17.0 Å². The van der Waals surface area contributed by atoms with Gasteiger partial charge in [-0.1, -0.05) is 30.3 Å². The molecule has 0 aliphatic heterocycles. The second-order valence-electron chi connectivity index (χ2n) is 5.86. The van der Waals surface area contributed by atoms with Crippen LogP contribution < -0.4 is 15.4 Å². The summed E-state index contributed by atoms with van der Waals surface area (Å²) in [6, 6.07) is 16.0. The highest BCUT2D eigenvalue weighted by atomic mass is 19.1. The van der Waals surface area contributed by atoms with Gasteiger partial charge in [0.25, 0.3) is 11.8 Å². The maximum absolute atomic E-state index is 13.7. The molecule has 2 amide bonds. The molecule has 3 rings (SSSR count). The van der Waals surface area contributed by atoms with E-state index in [9.17, 15) is 14.0 Å². The monoisotopic (exact) mass is 379 g/mol. The number of carbonyl (C=O) groups excluding carboxylic acids is 2. The highest BCUT2D eigenvalue weighted by molar-refractivity contribution is 6.05. The number of aromatic nitrogens is 1. The lowest BCUT2D eigenvalue weighted by atomic mass is 10.1. The fraction of sp³-hybridized carbons (Fsp3) is 0.0952. The lowest BCUT2D eigenvalue weighted by Crippen LogP contribution is -2.24. The first kappa shape index (κ1) is 19.0. The van der Waals surface area contributed by atoms with Crippen molar-refractivity contribution in [2.45, 2.75) is 6.54 Å². The van der Waals surface area contributed by atoms with E-state index in [1.54, 1.807) is 42.5 Å². The molecule has 6 nitrogen and oxygen atoms in total. The third kappa shape index (κ3) is 4.50. The lowest BCUT2D eigenvalue weighted by Gasteiger charge is -2.10. The average molecular weight is 379 g/mol. The summed E-state index contributed by atoms with van der Waals surface area (Å²) >= 11 is 0. The smallest absolute Gasteiger partial charge is 0.274 e. The van der Waals surface area contributed by atoms with Gasteiger partial charge in [0.15, 0.2) is 0 Å². The Balaban J connectivity index is 1.70. The van der Waals surface area contributed by atoms with E-state index in [1.165, 1.54) is 31.5 Å². The van der Waals surface area contributed by atoms with Gasteiger partial charge in [0.05, 0.1) is 12.8 Å². The minimum Gasteiger partial charge on any atom is -0.495 e. The molecular weight excluding hydrogens is 361 g/mol. The summed E-state index contributed by atoms with van der Waals surface area (Å²) in [5.74, 6) is -0.797. The van der Waals surface area contributed by atoms with E-state index >= 15 is 0 Å². The van der Waals surface area contributed by atoms with E-state index in [0.717, 1.165) is 0 Å². The predicted octanol–water partition coefficient (Wildman–Crippen LogP) is 3.41. The quantitative estimate of drug-likeness (QED) is 0.688. The molecule has 142 valence electrons. The molecule has 1 heterocycles. The molecule has 0 aliphatic carbocycles. The van der Waals surface area contributed by atoms with Gasteiger partial charge in [0.2, 0.25) is 0 Å². The van der Waals surface area contributed by atoms with Crippen LogP contribution in [0.4, 0.5) is 10.1 Å². The second kappa shape index (κ2) is 8.77. The number of hydrogen-bond donors (Lipinski definition) is 2. The van der Waals surface area contributed by atoms with Crippen LogP contribution in [0.2, 0.25) is 0 Å². The molecule has 28 heavy (non-hydrogen) atoms. The Morgan fingerprint density at radius 3 is 2.57 bits per heavy atom. The average Bonchev–Trinajstić information content (AvgIpc) is 2.73. The fourth-order valence-corrected chi connectivity index (χ4v) is 2.55. The van der Waals surface area contributed by atoms with Crippen molar-refractivity contribution in [2.24, 2.45) is 0 Å². The maximum Gasteiger partial charge on any atom is 0.274 e. The summed E-state index contributed by atoms with van der Waals surface area (Å²) in [6.07, 6.45) is 1.37. The molecule has 0 spiro atoms. The number of amides is 2. The SMILES string of the molecule is COc1ccccc1NC(=O)c1cc(C(=O)NCc2ccccc2F)ccn1.